The zero-order valence-corrected chi connectivity index (χ0v) is 14.8. The molecule has 3 aliphatic rings. The Hall–Kier alpha value is -0.850. The van der Waals surface area contributed by atoms with Crippen molar-refractivity contribution in [1.82, 2.24) is 14.7 Å². The third-order valence-electron chi connectivity index (χ3n) is 5.12. The van der Waals surface area contributed by atoms with Gasteiger partial charge in [0.15, 0.2) is 0 Å². The van der Waals surface area contributed by atoms with Gasteiger partial charge in [0, 0.05) is 45.3 Å². The van der Waals surface area contributed by atoms with Crippen LogP contribution in [0.1, 0.15) is 33.6 Å². The topological polar surface area (TPSA) is 45.2 Å². The van der Waals surface area contributed by atoms with Gasteiger partial charge in [-0.25, -0.2) is 4.79 Å². The molecule has 0 aromatic rings. The Morgan fingerprint density at radius 3 is 1.87 bits per heavy atom. The lowest BCUT2D eigenvalue weighted by Gasteiger charge is -2.46. The minimum absolute atomic E-state index is 0.161. The molecule has 0 bridgehead atoms. The van der Waals surface area contributed by atoms with Crippen LogP contribution in [0, 0.1) is 0 Å². The molecule has 6 nitrogen and oxygen atoms in total. The summed E-state index contributed by atoms with van der Waals surface area (Å²) in [5, 5.41) is 0. The number of carbonyl (C=O) groups excluding carboxylic acids is 1. The number of hydrogen-bond donors (Lipinski definition) is 0. The summed E-state index contributed by atoms with van der Waals surface area (Å²) in [4.78, 5) is 19.2. The Balaban J connectivity index is 1.40. The standard InChI is InChI=1S/C17H31N3O3/c1-17(2,3)23-16(21)20-6-4-14(5-7-20)18-8-10-19(11-9-18)15-12-22-13-15/h14-15H,4-13H2,1-3H3. The van der Waals surface area contributed by atoms with Crippen molar-refractivity contribution in [2.75, 3.05) is 52.5 Å². The maximum atomic E-state index is 12.1. The number of piperidine rings is 1. The third-order valence-corrected chi connectivity index (χ3v) is 5.12. The number of likely N-dealkylation sites (tertiary alicyclic amines) is 1. The predicted molar refractivity (Wildman–Crippen MR) is 88.6 cm³/mol. The highest BCUT2D eigenvalue weighted by atomic mass is 16.6. The van der Waals surface area contributed by atoms with Gasteiger partial charge in [-0.2, -0.15) is 0 Å². The molecule has 3 fully saturated rings. The lowest BCUT2D eigenvalue weighted by atomic mass is 10.0. The number of amides is 1. The van der Waals surface area contributed by atoms with E-state index in [1.807, 2.05) is 25.7 Å². The third kappa shape index (κ3) is 4.37. The molecule has 6 heteroatoms. The first kappa shape index (κ1) is 17.0. The molecule has 3 aliphatic heterocycles. The van der Waals surface area contributed by atoms with Crippen molar-refractivity contribution < 1.29 is 14.3 Å². The summed E-state index contributed by atoms with van der Waals surface area (Å²) in [6.45, 7) is 13.8. The van der Waals surface area contributed by atoms with Crippen LogP contribution in [0.15, 0.2) is 0 Å². The second kappa shape index (κ2) is 6.95. The number of rotatable bonds is 2. The van der Waals surface area contributed by atoms with E-state index < -0.39 is 5.60 Å². The Morgan fingerprint density at radius 1 is 0.913 bits per heavy atom. The van der Waals surface area contributed by atoms with E-state index in [4.69, 9.17) is 9.47 Å². The lowest BCUT2D eigenvalue weighted by Crippen LogP contribution is -2.59. The summed E-state index contributed by atoms with van der Waals surface area (Å²) < 4.78 is 10.8. The van der Waals surface area contributed by atoms with Gasteiger partial charge in [0.2, 0.25) is 0 Å². The molecule has 3 heterocycles. The van der Waals surface area contributed by atoms with Crippen LogP contribution in [0.2, 0.25) is 0 Å². The Kier molecular flexibility index (Phi) is 5.13. The summed E-state index contributed by atoms with van der Waals surface area (Å²) in [5.41, 5.74) is -0.407. The van der Waals surface area contributed by atoms with Crippen LogP contribution in [0.25, 0.3) is 0 Å². The van der Waals surface area contributed by atoms with Gasteiger partial charge in [-0.05, 0) is 33.6 Å². The van der Waals surface area contributed by atoms with Crippen LogP contribution in [-0.2, 0) is 9.47 Å². The van der Waals surface area contributed by atoms with E-state index in [2.05, 4.69) is 9.80 Å². The van der Waals surface area contributed by atoms with Crippen LogP contribution >= 0.6 is 0 Å². The van der Waals surface area contributed by atoms with Crippen molar-refractivity contribution in [2.24, 2.45) is 0 Å². The average Bonchev–Trinajstić information content (AvgIpc) is 2.45. The fourth-order valence-corrected chi connectivity index (χ4v) is 3.64. The van der Waals surface area contributed by atoms with Gasteiger partial charge in [0.25, 0.3) is 0 Å². The van der Waals surface area contributed by atoms with E-state index >= 15 is 0 Å². The molecular formula is C17H31N3O3. The average molecular weight is 325 g/mol. The first-order valence-corrected chi connectivity index (χ1v) is 8.96. The molecule has 0 N–H and O–H groups in total. The van der Waals surface area contributed by atoms with E-state index in [1.54, 1.807) is 0 Å². The van der Waals surface area contributed by atoms with E-state index in [-0.39, 0.29) is 6.09 Å². The maximum Gasteiger partial charge on any atom is 0.410 e. The molecule has 0 aromatic carbocycles. The van der Waals surface area contributed by atoms with Gasteiger partial charge in [-0.1, -0.05) is 0 Å². The molecule has 0 aliphatic carbocycles. The van der Waals surface area contributed by atoms with Crippen LogP contribution in [0.5, 0.6) is 0 Å². The van der Waals surface area contributed by atoms with Crippen molar-refractivity contribution in [3.63, 3.8) is 0 Å². The quantitative estimate of drug-likeness (QED) is 0.768. The lowest BCUT2D eigenvalue weighted by molar-refractivity contribution is -0.0813. The molecule has 132 valence electrons. The minimum Gasteiger partial charge on any atom is -0.444 e. The number of ether oxygens (including phenoxy) is 2. The molecule has 0 spiro atoms. The SMILES string of the molecule is CC(C)(C)OC(=O)N1CCC(N2CCN(C3COC3)CC2)CC1. The number of carbonyl (C=O) groups is 1. The van der Waals surface area contributed by atoms with E-state index in [0.29, 0.717) is 12.1 Å². The van der Waals surface area contributed by atoms with Gasteiger partial charge in [-0.15, -0.1) is 0 Å². The fourth-order valence-electron chi connectivity index (χ4n) is 3.64. The second-order valence-corrected chi connectivity index (χ2v) is 7.96. The van der Waals surface area contributed by atoms with Crippen molar-refractivity contribution in [3.05, 3.63) is 0 Å². The second-order valence-electron chi connectivity index (χ2n) is 7.96. The summed E-state index contributed by atoms with van der Waals surface area (Å²) in [7, 11) is 0. The summed E-state index contributed by atoms with van der Waals surface area (Å²) in [5.74, 6) is 0. The highest BCUT2D eigenvalue weighted by Gasteiger charge is 2.33. The molecule has 1 amide bonds. The molecule has 0 aromatic heterocycles. The van der Waals surface area contributed by atoms with E-state index in [0.717, 1.165) is 65.3 Å². The van der Waals surface area contributed by atoms with E-state index in [9.17, 15) is 4.79 Å². The van der Waals surface area contributed by atoms with Gasteiger partial charge < -0.3 is 14.4 Å². The van der Waals surface area contributed by atoms with Crippen LogP contribution in [0.4, 0.5) is 4.79 Å². The molecule has 23 heavy (non-hydrogen) atoms. The normalized spacial score (nSPS) is 26.1. The summed E-state index contributed by atoms with van der Waals surface area (Å²) >= 11 is 0. The van der Waals surface area contributed by atoms with Gasteiger partial charge in [0.05, 0.1) is 19.3 Å². The Bertz CT molecular complexity index is 404. The monoisotopic (exact) mass is 325 g/mol. The molecule has 3 saturated heterocycles. The van der Waals surface area contributed by atoms with Crippen LogP contribution < -0.4 is 0 Å². The molecule has 0 radical (unpaired) electrons. The van der Waals surface area contributed by atoms with Crippen molar-refractivity contribution >= 4 is 6.09 Å². The summed E-state index contributed by atoms with van der Waals surface area (Å²) in [6.07, 6.45) is 1.96. The van der Waals surface area contributed by atoms with Gasteiger partial charge in [-0.3, -0.25) is 9.80 Å². The van der Waals surface area contributed by atoms with Crippen LogP contribution in [0.3, 0.4) is 0 Å². The molecular weight excluding hydrogens is 294 g/mol. The fraction of sp³-hybridized carbons (Fsp3) is 0.941. The van der Waals surface area contributed by atoms with Crippen molar-refractivity contribution in [3.8, 4) is 0 Å². The molecule has 0 saturated carbocycles. The highest BCUT2D eigenvalue weighted by Crippen LogP contribution is 2.21. The predicted octanol–water partition coefficient (Wildman–Crippen LogP) is 1.40. The largest absolute Gasteiger partial charge is 0.444 e. The molecule has 3 rings (SSSR count). The zero-order valence-electron chi connectivity index (χ0n) is 14.8. The number of nitrogens with zero attached hydrogens (tertiary/aromatic N) is 3. The van der Waals surface area contributed by atoms with Crippen LogP contribution in [-0.4, -0.2) is 91.0 Å². The minimum atomic E-state index is -0.407. The van der Waals surface area contributed by atoms with Crippen molar-refractivity contribution in [1.29, 1.82) is 0 Å². The highest BCUT2D eigenvalue weighted by molar-refractivity contribution is 5.68. The molecule has 0 unspecified atom stereocenters. The number of hydrogen-bond acceptors (Lipinski definition) is 5. The summed E-state index contributed by atoms with van der Waals surface area (Å²) in [6, 6.07) is 1.28. The van der Waals surface area contributed by atoms with Gasteiger partial charge >= 0.3 is 6.09 Å². The van der Waals surface area contributed by atoms with Crippen molar-refractivity contribution in [2.45, 2.75) is 51.3 Å². The van der Waals surface area contributed by atoms with Gasteiger partial charge in [0.1, 0.15) is 5.60 Å². The first-order valence-electron chi connectivity index (χ1n) is 8.96. The Morgan fingerprint density at radius 2 is 1.43 bits per heavy atom. The Labute approximate surface area is 139 Å². The maximum absolute atomic E-state index is 12.1. The first-order chi connectivity index (χ1) is 10.9. The molecule has 0 atom stereocenters. The number of piperazine rings is 1. The smallest absolute Gasteiger partial charge is 0.410 e. The van der Waals surface area contributed by atoms with E-state index in [1.165, 1.54) is 0 Å². The zero-order chi connectivity index (χ0) is 16.4.